The summed E-state index contributed by atoms with van der Waals surface area (Å²) in [6.45, 7) is 2.30. The molecule has 0 aliphatic carbocycles. The second kappa shape index (κ2) is 5.68. The van der Waals surface area contributed by atoms with Gasteiger partial charge in [-0.05, 0) is 37.3 Å². The molecular weight excluding hydrogens is 256 g/mol. The first-order valence-corrected chi connectivity index (χ1v) is 6.73. The fourth-order valence-corrected chi connectivity index (χ4v) is 2.58. The zero-order valence-corrected chi connectivity index (χ0v) is 11.7. The molecule has 0 amide bonds. The lowest BCUT2D eigenvalue weighted by atomic mass is 10.2. The predicted octanol–water partition coefficient (Wildman–Crippen LogP) is 3.25. The number of benzene rings is 1. The molecule has 2 aromatic rings. The molecule has 0 saturated carbocycles. The molecule has 1 aromatic carbocycles. The Morgan fingerprint density at radius 2 is 2.16 bits per heavy atom. The number of ketones is 1. The molecule has 0 saturated heterocycles. The van der Waals surface area contributed by atoms with Gasteiger partial charge in [-0.2, -0.15) is 5.26 Å². The van der Waals surface area contributed by atoms with Crippen LogP contribution in [-0.4, -0.2) is 19.4 Å². The lowest BCUT2D eigenvalue weighted by Crippen LogP contribution is -2.25. The number of hydrogen-bond acceptors (Lipinski definition) is 4. The Morgan fingerprint density at radius 3 is 2.79 bits per heavy atom. The third-order valence-corrected chi connectivity index (χ3v) is 3.85. The minimum atomic E-state index is 0.1000. The number of nitrogens with zero attached hydrogens (tertiary/aromatic N) is 2. The van der Waals surface area contributed by atoms with Crippen LogP contribution < -0.4 is 4.90 Å². The molecule has 0 bridgehead atoms. The minimum Gasteiger partial charge on any atom is -0.367 e. The fraction of sp³-hybridized carbons (Fsp3) is 0.200. The van der Waals surface area contributed by atoms with E-state index < -0.39 is 0 Å². The zero-order chi connectivity index (χ0) is 13.8. The zero-order valence-electron chi connectivity index (χ0n) is 10.9. The Bertz CT molecular complexity index is 640. The SMILES string of the molecule is Cc1ccc(C(=O)CN(C)c2cccc(C#N)c2)s1. The van der Waals surface area contributed by atoms with E-state index in [0.29, 0.717) is 12.1 Å². The van der Waals surface area contributed by atoms with Crippen LogP contribution in [0.25, 0.3) is 0 Å². The molecule has 0 N–H and O–H groups in total. The van der Waals surface area contributed by atoms with Gasteiger partial charge < -0.3 is 4.90 Å². The van der Waals surface area contributed by atoms with Crippen LogP contribution in [0.5, 0.6) is 0 Å². The van der Waals surface area contributed by atoms with Crippen LogP contribution in [-0.2, 0) is 0 Å². The van der Waals surface area contributed by atoms with Gasteiger partial charge in [0.2, 0.25) is 0 Å². The summed E-state index contributed by atoms with van der Waals surface area (Å²) in [5.74, 6) is 0.1000. The normalized spacial score (nSPS) is 9.95. The van der Waals surface area contributed by atoms with Crippen molar-refractivity contribution in [3.05, 3.63) is 51.7 Å². The van der Waals surface area contributed by atoms with Crippen molar-refractivity contribution in [1.82, 2.24) is 0 Å². The van der Waals surface area contributed by atoms with Gasteiger partial charge in [0.05, 0.1) is 23.1 Å². The van der Waals surface area contributed by atoms with E-state index in [2.05, 4.69) is 6.07 Å². The first kappa shape index (κ1) is 13.3. The average molecular weight is 270 g/mol. The third-order valence-electron chi connectivity index (χ3n) is 2.81. The number of carbonyl (C=O) groups excluding carboxylic acids is 1. The molecule has 0 radical (unpaired) electrons. The molecule has 1 aromatic heterocycles. The summed E-state index contributed by atoms with van der Waals surface area (Å²) < 4.78 is 0. The Labute approximate surface area is 116 Å². The van der Waals surface area contributed by atoms with Gasteiger partial charge in [0, 0.05) is 17.6 Å². The van der Waals surface area contributed by atoms with E-state index in [1.165, 1.54) is 11.3 Å². The van der Waals surface area contributed by atoms with Crippen molar-refractivity contribution in [3.8, 4) is 6.07 Å². The van der Waals surface area contributed by atoms with Crippen molar-refractivity contribution in [2.75, 3.05) is 18.5 Å². The second-order valence-corrected chi connectivity index (χ2v) is 5.64. The van der Waals surface area contributed by atoms with E-state index >= 15 is 0 Å². The van der Waals surface area contributed by atoms with Gasteiger partial charge in [-0.25, -0.2) is 0 Å². The molecule has 2 rings (SSSR count). The van der Waals surface area contributed by atoms with Crippen LogP contribution in [0.15, 0.2) is 36.4 Å². The number of nitriles is 1. The van der Waals surface area contributed by atoms with Crippen LogP contribution >= 0.6 is 11.3 Å². The molecule has 96 valence electrons. The highest BCUT2D eigenvalue weighted by molar-refractivity contribution is 7.14. The van der Waals surface area contributed by atoms with Gasteiger partial charge in [-0.3, -0.25) is 4.79 Å². The number of carbonyl (C=O) groups is 1. The van der Waals surface area contributed by atoms with E-state index in [4.69, 9.17) is 5.26 Å². The van der Waals surface area contributed by atoms with E-state index in [1.54, 1.807) is 12.1 Å². The number of Topliss-reactive ketones (excluding diaryl/α,β-unsaturated/α-hetero) is 1. The van der Waals surface area contributed by atoms with Gasteiger partial charge in [0.1, 0.15) is 0 Å². The van der Waals surface area contributed by atoms with Gasteiger partial charge in [0.25, 0.3) is 0 Å². The van der Waals surface area contributed by atoms with Crippen LogP contribution in [0.3, 0.4) is 0 Å². The van der Waals surface area contributed by atoms with Crippen molar-refractivity contribution in [2.45, 2.75) is 6.92 Å². The van der Waals surface area contributed by atoms with Crippen molar-refractivity contribution >= 4 is 22.8 Å². The highest BCUT2D eigenvalue weighted by atomic mass is 32.1. The van der Waals surface area contributed by atoms with Crippen molar-refractivity contribution < 1.29 is 4.79 Å². The summed E-state index contributed by atoms with van der Waals surface area (Å²) in [7, 11) is 1.86. The Hall–Kier alpha value is -2.12. The Kier molecular flexibility index (Phi) is 3.98. The predicted molar refractivity (Wildman–Crippen MR) is 77.8 cm³/mol. The second-order valence-electron chi connectivity index (χ2n) is 4.35. The molecular formula is C15H14N2OS. The summed E-state index contributed by atoms with van der Waals surface area (Å²) in [6, 6.07) is 13.2. The number of aryl methyl sites for hydroxylation is 1. The Balaban J connectivity index is 2.10. The van der Waals surface area contributed by atoms with Gasteiger partial charge in [-0.15, -0.1) is 11.3 Å². The van der Waals surface area contributed by atoms with Crippen LogP contribution in [0, 0.1) is 18.3 Å². The van der Waals surface area contributed by atoms with E-state index in [0.717, 1.165) is 15.4 Å². The van der Waals surface area contributed by atoms with Crippen molar-refractivity contribution in [1.29, 1.82) is 5.26 Å². The maximum atomic E-state index is 12.1. The average Bonchev–Trinajstić information content (AvgIpc) is 2.85. The summed E-state index contributed by atoms with van der Waals surface area (Å²) >= 11 is 1.51. The maximum Gasteiger partial charge on any atom is 0.191 e. The summed E-state index contributed by atoms with van der Waals surface area (Å²) in [6.07, 6.45) is 0. The van der Waals surface area contributed by atoms with Crippen LogP contribution in [0.4, 0.5) is 5.69 Å². The monoisotopic (exact) mass is 270 g/mol. The van der Waals surface area contributed by atoms with Crippen LogP contribution in [0.2, 0.25) is 0 Å². The topological polar surface area (TPSA) is 44.1 Å². The van der Waals surface area contributed by atoms with Crippen molar-refractivity contribution in [2.24, 2.45) is 0 Å². The standard InChI is InChI=1S/C15H14N2OS/c1-11-6-7-15(19-11)14(18)10-17(2)13-5-3-4-12(8-13)9-16/h3-8H,10H2,1-2H3. The molecule has 0 fully saturated rings. The number of hydrogen-bond donors (Lipinski definition) is 0. The largest absolute Gasteiger partial charge is 0.367 e. The van der Waals surface area contributed by atoms with Crippen molar-refractivity contribution in [3.63, 3.8) is 0 Å². The summed E-state index contributed by atoms with van der Waals surface area (Å²) in [5, 5.41) is 8.87. The molecule has 4 heteroatoms. The minimum absolute atomic E-state index is 0.1000. The molecule has 19 heavy (non-hydrogen) atoms. The molecule has 0 spiro atoms. The quantitative estimate of drug-likeness (QED) is 0.801. The maximum absolute atomic E-state index is 12.1. The van der Waals surface area contributed by atoms with Gasteiger partial charge in [-0.1, -0.05) is 6.07 Å². The number of thiophene rings is 1. The lowest BCUT2D eigenvalue weighted by Gasteiger charge is -2.18. The number of rotatable bonds is 4. The smallest absolute Gasteiger partial charge is 0.191 e. The molecule has 1 heterocycles. The van der Waals surface area contributed by atoms with E-state index in [-0.39, 0.29) is 5.78 Å². The number of anilines is 1. The van der Waals surface area contributed by atoms with E-state index in [9.17, 15) is 4.79 Å². The molecule has 0 atom stereocenters. The highest BCUT2D eigenvalue weighted by Gasteiger charge is 2.12. The van der Waals surface area contributed by atoms with E-state index in [1.807, 2.05) is 43.1 Å². The molecule has 3 nitrogen and oxygen atoms in total. The van der Waals surface area contributed by atoms with Gasteiger partial charge in [0.15, 0.2) is 5.78 Å². The first-order chi connectivity index (χ1) is 9.10. The fourth-order valence-electron chi connectivity index (χ4n) is 1.78. The summed E-state index contributed by atoms with van der Waals surface area (Å²) in [4.78, 5) is 15.9. The van der Waals surface area contributed by atoms with Gasteiger partial charge >= 0.3 is 0 Å². The Morgan fingerprint density at radius 1 is 1.37 bits per heavy atom. The highest BCUT2D eigenvalue weighted by Crippen LogP contribution is 2.18. The summed E-state index contributed by atoms with van der Waals surface area (Å²) in [5.41, 5.74) is 1.48. The lowest BCUT2D eigenvalue weighted by molar-refractivity contribution is 0.100. The third kappa shape index (κ3) is 3.21. The number of likely N-dealkylation sites (N-methyl/N-ethyl adjacent to an activating group) is 1. The molecule has 0 aliphatic rings. The van der Waals surface area contributed by atoms with Crippen LogP contribution in [0.1, 0.15) is 20.1 Å². The molecule has 0 unspecified atom stereocenters. The molecule has 0 aliphatic heterocycles. The first-order valence-electron chi connectivity index (χ1n) is 5.91.